The zero-order valence-corrected chi connectivity index (χ0v) is 10.4. The SMILES string of the molecule is O=C(O)c1ccc(COc2cncc(Cl)c2)cc1F. The number of aromatic nitrogens is 1. The highest BCUT2D eigenvalue weighted by Crippen LogP contribution is 2.17. The molecule has 0 atom stereocenters. The van der Waals surface area contributed by atoms with E-state index in [-0.39, 0.29) is 12.2 Å². The first-order chi connectivity index (χ1) is 9.06. The Hall–Kier alpha value is -2.14. The summed E-state index contributed by atoms with van der Waals surface area (Å²) in [6, 6.07) is 5.40. The van der Waals surface area contributed by atoms with Crippen molar-refractivity contribution in [2.45, 2.75) is 6.61 Å². The van der Waals surface area contributed by atoms with Crippen LogP contribution in [0.4, 0.5) is 4.39 Å². The minimum atomic E-state index is -1.30. The van der Waals surface area contributed by atoms with Crippen molar-refractivity contribution < 1.29 is 19.0 Å². The predicted molar refractivity (Wildman–Crippen MR) is 66.9 cm³/mol. The fourth-order valence-corrected chi connectivity index (χ4v) is 1.62. The molecule has 0 fully saturated rings. The van der Waals surface area contributed by atoms with Gasteiger partial charge in [0.1, 0.15) is 18.2 Å². The smallest absolute Gasteiger partial charge is 0.338 e. The van der Waals surface area contributed by atoms with E-state index in [9.17, 15) is 9.18 Å². The second-order valence-electron chi connectivity index (χ2n) is 3.75. The molecule has 0 aliphatic heterocycles. The molecule has 0 saturated heterocycles. The van der Waals surface area contributed by atoms with Crippen LogP contribution in [0.2, 0.25) is 5.02 Å². The first-order valence-corrected chi connectivity index (χ1v) is 5.69. The van der Waals surface area contributed by atoms with Crippen LogP contribution in [0.5, 0.6) is 5.75 Å². The normalized spacial score (nSPS) is 10.2. The lowest BCUT2D eigenvalue weighted by Crippen LogP contribution is -2.03. The first kappa shape index (κ1) is 13.3. The van der Waals surface area contributed by atoms with Crippen LogP contribution in [0.25, 0.3) is 0 Å². The molecular formula is C13H9ClFNO3. The van der Waals surface area contributed by atoms with E-state index in [0.29, 0.717) is 16.3 Å². The van der Waals surface area contributed by atoms with Crippen LogP contribution in [0.3, 0.4) is 0 Å². The van der Waals surface area contributed by atoms with Crippen molar-refractivity contribution in [2.75, 3.05) is 0 Å². The average Bonchev–Trinajstić information content (AvgIpc) is 2.36. The standard InChI is InChI=1S/C13H9ClFNO3/c14-9-4-10(6-16-5-9)19-7-8-1-2-11(13(17)18)12(15)3-8/h1-6H,7H2,(H,17,18). The molecule has 0 aliphatic carbocycles. The molecule has 0 amide bonds. The number of nitrogens with zero attached hydrogens (tertiary/aromatic N) is 1. The van der Waals surface area contributed by atoms with Gasteiger partial charge in [0.15, 0.2) is 0 Å². The maximum Gasteiger partial charge on any atom is 0.338 e. The van der Waals surface area contributed by atoms with E-state index in [1.54, 1.807) is 6.07 Å². The van der Waals surface area contributed by atoms with E-state index >= 15 is 0 Å². The van der Waals surface area contributed by atoms with Crippen molar-refractivity contribution in [1.82, 2.24) is 4.98 Å². The molecule has 2 aromatic rings. The lowest BCUT2D eigenvalue weighted by Gasteiger charge is -2.07. The second-order valence-corrected chi connectivity index (χ2v) is 4.18. The molecule has 0 radical (unpaired) electrons. The van der Waals surface area contributed by atoms with E-state index in [4.69, 9.17) is 21.4 Å². The highest BCUT2D eigenvalue weighted by atomic mass is 35.5. The predicted octanol–water partition coefficient (Wildman–Crippen LogP) is 3.15. The Morgan fingerprint density at radius 1 is 1.37 bits per heavy atom. The minimum Gasteiger partial charge on any atom is -0.487 e. The van der Waals surface area contributed by atoms with Gasteiger partial charge < -0.3 is 9.84 Å². The van der Waals surface area contributed by atoms with Crippen molar-refractivity contribution >= 4 is 17.6 Å². The lowest BCUT2D eigenvalue weighted by atomic mass is 10.1. The van der Waals surface area contributed by atoms with E-state index in [0.717, 1.165) is 6.07 Å². The van der Waals surface area contributed by atoms with Crippen molar-refractivity contribution in [3.05, 3.63) is 58.6 Å². The van der Waals surface area contributed by atoms with Gasteiger partial charge in [-0.1, -0.05) is 17.7 Å². The largest absolute Gasteiger partial charge is 0.487 e. The van der Waals surface area contributed by atoms with E-state index < -0.39 is 11.8 Å². The van der Waals surface area contributed by atoms with Crippen LogP contribution in [-0.4, -0.2) is 16.1 Å². The summed E-state index contributed by atoms with van der Waals surface area (Å²) in [5, 5.41) is 9.14. The van der Waals surface area contributed by atoms with Gasteiger partial charge in [-0.3, -0.25) is 4.98 Å². The fourth-order valence-electron chi connectivity index (χ4n) is 1.46. The molecule has 98 valence electrons. The molecule has 0 spiro atoms. The van der Waals surface area contributed by atoms with E-state index in [1.807, 2.05) is 0 Å². The number of aromatic carboxylic acids is 1. The maximum atomic E-state index is 13.4. The Morgan fingerprint density at radius 2 is 2.16 bits per heavy atom. The van der Waals surface area contributed by atoms with Crippen LogP contribution < -0.4 is 4.74 Å². The molecule has 19 heavy (non-hydrogen) atoms. The maximum absolute atomic E-state index is 13.4. The number of hydrogen-bond donors (Lipinski definition) is 1. The van der Waals surface area contributed by atoms with Crippen LogP contribution in [0, 0.1) is 5.82 Å². The van der Waals surface area contributed by atoms with Crippen LogP contribution >= 0.6 is 11.6 Å². The van der Waals surface area contributed by atoms with Gasteiger partial charge in [-0.2, -0.15) is 0 Å². The van der Waals surface area contributed by atoms with E-state index in [2.05, 4.69) is 4.98 Å². The summed E-state index contributed by atoms with van der Waals surface area (Å²) in [4.78, 5) is 14.5. The number of ether oxygens (including phenoxy) is 1. The molecule has 1 N–H and O–H groups in total. The average molecular weight is 282 g/mol. The van der Waals surface area contributed by atoms with Crippen LogP contribution in [-0.2, 0) is 6.61 Å². The summed E-state index contributed by atoms with van der Waals surface area (Å²) in [7, 11) is 0. The van der Waals surface area contributed by atoms with Gasteiger partial charge >= 0.3 is 5.97 Å². The number of hydrogen-bond acceptors (Lipinski definition) is 3. The molecule has 2 rings (SSSR count). The first-order valence-electron chi connectivity index (χ1n) is 5.31. The topological polar surface area (TPSA) is 59.4 Å². The molecule has 0 saturated carbocycles. The Kier molecular flexibility index (Phi) is 3.97. The number of pyridine rings is 1. The Balaban J connectivity index is 2.08. The second kappa shape index (κ2) is 5.67. The number of carboxylic acids is 1. The van der Waals surface area contributed by atoms with Crippen LogP contribution in [0.1, 0.15) is 15.9 Å². The quantitative estimate of drug-likeness (QED) is 0.935. The summed E-state index contributed by atoms with van der Waals surface area (Å²) in [5.41, 5.74) is 0.149. The third kappa shape index (κ3) is 3.42. The molecule has 1 heterocycles. The summed E-state index contributed by atoms with van der Waals surface area (Å²) >= 11 is 5.74. The molecule has 1 aromatic carbocycles. The highest BCUT2D eigenvalue weighted by molar-refractivity contribution is 6.30. The summed E-state index contributed by atoms with van der Waals surface area (Å²) in [5.74, 6) is -1.64. The molecule has 0 bridgehead atoms. The minimum absolute atomic E-state index is 0.0961. The van der Waals surface area contributed by atoms with Gasteiger partial charge in [0.25, 0.3) is 0 Å². The summed E-state index contributed by atoms with van der Waals surface area (Å²) in [6.45, 7) is 0.0961. The summed E-state index contributed by atoms with van der Waals surface area (Å²) in [6.07, 6.45) is 2.95. The number of carboxylic acid groups (broad SMARTS) is 1. The molecular weight excluding hydrogens is 273 g/mol. The lowest BCUT2D eigenvalue weighted by molar-refractivity contribution is 0.0692. The Morgan fingerprint density at radius 3 is 2.79 bits per heavy atom. The van der Waals surface area contributed by atoms with Gasteiger partial charge in [0.2, 0.25) is 0 Å². The van der Waals surface area contributed by atoms with Crippen molar-refractivity contribution in [3.63, 3.8) is 0 Å². The molecule has 6 heteroatoms. The van der Waals surface area contributed by atoms with Gasteiger partial charge in [0.05, 0.1) is 16.8 Å². The zero-order chi connectivity index (χ0) is 13.8. The van der Waals surface area contributed by atoms with Gasteiger partial charge in [-0.15, -0.1) is 0 Å². The number of halogens is 2. The van der Waals surface area contributed by atoms with Crippen LogP contribution in [0.15, 0.2) is 36.7 Å². The monoisotopic (exact) mass is 281 g/mol. The number of benzene rings is 1. The summed E-state index contributed by atoms with van der Waals surface area (Å²) < 4.78 is 18.8. The zero-order valence-electron chi connectivity index (χ0n) is 9.64. The molecule has 0 unspecified atom stereocenters. The third-order valence-corrected chi connectivity index (χ3v) is 2.56. The fraction of sp³-hybridized carbons (Fsp3) is 0.0769. The Labute approximate surface area is 113 Å². The van der Waals surface area contributed by atoms with Crippen molar-refractivity contribution in [3.8, 4) is 5.75 Å². The molecule has 0 aliphatic rings. The molecule has 4 nitrogen and oxygen atoms in total. The number of rotatable bonds is 4. The van der Waals surface area contributed by atoms with E-state index in [1.165, 1.54) is 24.5 Å². The Bertz CT molecular complexity index is 619. The number of carbonyl (C=O) groups is 1. The van der Waals surface area contributed by atoms with Crippen molar-refractivity contribution in [1.29, 1.82) is 0 Å². The third-order valence-electron chi connectivity index (χ3n) is 2.35. The highest BCUT2D eigenvalue weighted by Gasteiger charge is 2.10. The molecule has 1 aromatic heterocycles. The van der Waals surface area contributed by atoms with Gasteiger partial charge in [0, 0.05) is 12.3 Å². The van der Waals surface area contributed by atoms with Crippen molar-refractivity contribution in [2.24, 2.45) is 0 Å². The van der Waals surface area contributed by atoms with Gasteiger partial charge in [-0.25, -0.2) is 9.18 Å². The van der Waals surface area contributed by atoms with Gasteiger partial charge in [-0.05, 0) is 17.7 Å².